The summed E-state index contributed by atoms with van der Waals surface area (Å²) < 4.78 is 54.6. The van der Waals surface area contributed by atoms with Crippen LogP contribution in [0.2, 0.25) is 10.0 Å². The van der Waals surface area contributed by atoms with E-state index >= 15 is 0 Å². The number of nitrogens with zero attached hydrogens (tertiary/aromatic N) is 2. The van der Waals surface area contributed by atoms with Crippen molar-refractivity contribution in [2.24, 2.45) is 7.05 Å². The molecule has 146 valence electrons. The van der Waals surface area contributed by atoms with E-state index in [1.165, 1.54) is 31.3 Å². The van der Waals surface area contributed by atoms with E-state index in [0.29, 0.717) is 5.56 Å². The fourth-order valence-electron chi connectivity index (χ4n) is 2.60. The Morgan fingerprint density at radius 2 is 1.86 bits per heavy atom. The third-order valence-corrected chi connectivity index (χ3v) is 4.56. The molecule has 1 heterocycles. The van der Waals surface area contributed by atoms with Crippen molar-refractivity contribution in [3.63, 3.8) is 0 Å². The van der Waals surface area contributed by atoms with E-state index in [1.807, 2.05) is 0 Å². The molecule has 0 aliphatic carbocycles. The van der Waals surface area contributed by atoms with Crippen molar-refractivity contribution in [1.82, 2.24) is 9.78 Å². The van der Waals surface area contributed by atoms with Crippen molar-refractivity contribution >= 4 is 34.8 Å². The Hall–Kier alpha value is -2.58. The van der Waals surface area contributed by atoms with Gasteiger partial charge < -0.3 is 5.32 Å². The first kappa shape index (κ1) is 20.2. The first-order valence-electron chi connectivity index (χ1n) is 7.74. The number of alkyl halides is 3. The number of anilines is 1. The summed E-state index contributed by atoms with van der Waals surface area (Å²) in [7, 11) is 1.25. The summed E-state index contributed by atoms with van der Waals surface area (Å²) >= 11 is 11.9. The molecule has 0 fully saturated rings. The maximum absolute atomic E-state index is 14.4. The van der Waals surface area contributed by atoms with E-state index in [-0.39, 0.29) is 21.3 Å². The average molecular weight is 432 g/mol. The van der Waals surface area contributed by atoms with Crippen LogP contribution in [0.3, 0.4) is 0 Å². The fraction of sp³-hybridized carbons (Fsp3) is 0.111. The molecule has 0 spiro atoms. The lowest BCUT2D eigenvalue weighted by Gasteiger charge is -2.13. The van der Waals surface area contributed by atoms with Crippen LogP contribution in [-0.2, 0) is 13.2 Å². The number of nitrogens with one attached hydrogen (secondary N) is 1. The van der Waals surface area contributed by atoms with Crippen LogP contribution in [0.15, 0.2) is 42.6 Å². The number of halogens is 6. The zero-order valence-electron chi connectivity index (χ0n) is 14.1. The summed E-state index contributed by atoms with van der Waals surface area (Å²) in [6, 6.07) is 8.45. The summed E-state index contributed by atoms with van der Waals surface area (Å²) in [5.74, 6) is -1.97. The second-order valence-electron chi connectivity index (χ2n) is 5.81. The van der Waals surface area contributed by atoms with Crippen molar-refractivity contribution in [3.8, 4) is 11.1 Å². The molecule has 0 unspecified atom stereocenters. The van der Waals surface area contributed by atoms with Crippen molar-refractivity contribution in [2.75, 3.05) is 5.32 Å². The molecule has 1 aromatic heterocycles. The van der Waals surface area contributed by atoms with Gasteiger partial charge in [-0.15, -0.1) is 0 Å². The number of rotatable bonds is 3. The fourth-order valence-corrected chi connectivity index (χ4v) is 2.90. The number of para-hydroxylation sites is 1. The highest BCUT2D eigenvalue weighted by molar-refractivity contribution is 6.42. The molecule has 3 aromatic rings. The van der Waals surface area contributed by atoms with E-state index in [0.717, 1.165) is 16.9 Å². The lowest BCUT2D eigenvalue weighted by molar-refractivity contribution is -0.141. The Labute approximate surface area is 166 Å². The Bertz CT molecular complexity index is 1060. The molecular weight excluding hydrogens is 421 g/mol. The highest BCUT2D eigenvalue weighted by Gasteiger charge is 2.39. The normalized spacial score (nSPS) is 11.5. The standard InChI is InChI=1S/C18H11Cl2F4N3O/c1-27-8-11(16(26-27)18(22,23)24)17(28)25-15-10(3-2-4-14(15)21)9-5-6-12(19)13(20)7-9/h2-8H,1H3,(H,25,28). The Morgan fingerprint density at radius 3 is 2.50 bits per heavy atom. The van der Waals surface area contributed by atoms with Gasteiger partial charge in [0.25, 0.3) is 5.91 Å². The summed E-state index contributed by atoms with van der Waals surface area (Å²) in [4.78, 5) is 12.5. The van der Waals surface area contributed by atoms with Crippen LogP contribution >= 0.6 is 23.2 Å². The predicted octanol–water partition coefficient (Wildman–Crippen LogP) is 5.80. The Balaban J connectivity index is 2.04. The van der Waals surface area contributed by atoms with Crippen LogP contribution in [0.5, 0.6) is 0 Å². The molecule has 0 aliphatic rings. The molecule has 0 aliphatic heterocycles. The second kappa shape index (κ2) is 7.44. The topological polar surface area (TPSA) is 46.9 Å². The smallest absolute Gasteiger partial charge is 0.319 e. The highest BCUT2D eigenvalue weighted by atomic mass is 35.5. The van der Waals surface area contributed by atoms with Gasteiger partial charge in [0.05, 0.1) is 21.3 Å². The van der Waals surface area contributed by atoms with Gasteiger partial charge in [0.2, 0.25) is 0 Å². The molecule has 1 amide bonds. The first-order chi connectivity index (χ1) is 13.1. The first-order valence-corrected chi connectivity index (χ1v) is 8.49. The van der Waals surface area contributed by atoms with Crippen molar-refractivity contribution < 1.29 is 22.4 Å². The average Bonchev–Trinajstić information content (AvgIpc) is 3.01. The van der Waals surface area contributed by atoms with E-state index in [1.54, 1.807) is 6.07 Å². The van der Waals surface area contributed by atoms with E-state index in [4.69, 9.17) is 23.2 Å². The number of aromatic nitrogens is 2. The number of aryl methyl sites for hydroxylation is 1. The van der Waals surface area contributed by atoms with Crippen LogP contribution in [0.4, 0.5) is 23.2 Å². The van der Waals surface area contributed by atoms with Crippen molar-refractivity contribution in [1.29, 1.82) is 0 Å². The summed E-state index contributed by atoms with van der Waals surface area (Å²) in [5, 5.41) is 5.96. The van der Waals surface area contributed by atoms with Crippen LogP contribution in [-0.4, -0.2) is 15.7 Å². The molecule has 0 saturated heterocycles. The zero-order chi connectivity index (χ0) is 20.6. The molecule has 0 saturated carbocycles. The van der Waals surface area contributed by atoms with Gasteiger partial charge in [0.15, 0.2) is 5.69 Å². The van der Waals surface area contributed by atoms with Gasteiger partial charge in [-0.1, -0.05) is 41.4 Å². The largest absolute Gasteiger partial charge is 0.435 e. The van der Waals surface area contributed by atoms with Crippen molar-refractivity contribution in [3.05, 3.63) is 69.7 Å². The van der Waals surface area contributed by atoms with E-state index in [9.17, 15) is 22.4 Å². The quantitative estimate of drug-likeness (QED) is 0.532. The number of benzene rings is 2. The summed E-state index contributed by atoms with van der Waals surface area (Å²) in [5.41, 5.74) is -1.73. The molecule has 1 N–H and O–H groups in total. The van der Waals surface area contributed by atoms with Crippen LogP contribution in [0.1, 0.15) is 16.1 Å². The molecule has 10 heteroatoms. The molecule has 0 bridgehead atoms. The van der Waals surface area contributed by atoms with Gasteiger partial charge in [-0.05, 0) is 23.8 Å². The van der Waals surface area contributed by atoms with Gasteiger partial charge in [-0.25, -0.2) is 4.39 Å². The third-order valence-electron chi connectivity index (χ3n) is 3.82. The highest BCUT2D eigenvalue weighted by Crippen LogP contribution is 2.35. The van der Waals surface area contributed by atoms with Crippen molar-refractivity contribution in [2.45, 2.75) is 6.18 Å². The van der Waals surface area contributed by atoms with Gasteiger partial charge in [-0.3, -0.25) is 9.48 Å². The SMILES string of the molecule is Cn1cc(C(=O)Nc2c(F)cccc2-c2ccc(Cl)c(Cl)c2)c(C(F)(F)F)n1. The monoisotopic (exact) mass is 431 g/mol. The van der Waals surface area contributed by atoms with Crippen LogP contribution in [0.25, 0.3) is 11.1 Å². The molecule has 4 nitrogen and oxygen atoms in total. The van der Waals surface area contributed by atoms with Crippen LogP contribution in [0, 0.1) is 5.82 Å². The maximum Gasteiger partial charge on any atom is 0.435 e. The maximum atomic E-state index is 14.4. The second-order valence-corrected chi connectivity index (χ2v) is 6.62. The molecule has 2 aromatic carbocycles. The van der Waals surface area contributed by atoms with Gasteiger partial charge >= 0.3 is 6.18 Å². The van der Waals surface area contributed by atoms with Gasteiger partial charge in [0, 0.05) is 18.8 Å². The minimum Gasteiger partial charge on any atom is -0.319 e. The molecule has 0 radical (unpaired) electrons. The molecular formula is C18H11Cl2F4N3O. The summed E-state index contributed by atoms with van der Waals surface area (Å²) in [6.45, 7) is 0. The zero-order valence-corrected chi connectivity index (χ0v) is 15.6. The predicted molar refractivity (Wildman–Crippen MR) is 98.0 cm³/mol. The number of carbonyl (C=O) groups is 1. The number of hydrogen-bond acceptors (Lipinski definition) is 2. The van der Waals surface area contributed by atoms with Crippen LogP contribution < -0.4 is 5.32 Å². The number of hydrogen-bond donors (Lipinski definition) is 1. The lowest BCUT2D eigenvalue weighted by Crippen LogP contribution is -2.18. The van der Waals surface area contributed by atoms with E-state index < -0.39 is 29.2 Å². The minimum atomic E-state index is -4.84. The number of amides is 1. The minimum absolute atomic E-state index is 0.201. The summed E-state index contributed by atoms with van der Waals surface area (Å²) in [6.07, 6.45) is -3.92. The van der Waals surface area contributed by atoms with E-state index in [2.05, 4.69) is 10.4 Å². The van der Waals surface area contributed by atoms with Gasteiger partial charge in [0.1, 0.15) is 5.82 Å². The Morgan fingerprint density at radius 1 is 1.14 bits per heavy atom. The molecule has 3 rings (SSSR count). The lowest BCUT2D eigenvalue weighted by atomic mass is 10.0. The van der Waals surface area contributed by atoms with Gasteiger partial charge in [-0.2, -0.15) is 18.3 Å². The molecule has 0 atom stereocenters. The number of carbonyl (C=O) groups excluding carboxylic acids is 1. The Kier molecular flexibility index (Phi) is 5.36. The molecule has 28 heavy (non-hydrogen) atoms. The third kappa shape index (κ3) is 3.98.